The molecular formula is C17H12ClN5O. The molecule has 7 heteroatoms. The number of imidazole rings is 1. The summed E-state index contributed by atoms with van der Waals surface area (Å²) >= 11 is 6.01. The van der Waals surface area contributed by atoms with Crippen molar-refractivity contribution >= 4 is 34.4 Å². The van der Waals surface area contributed by atoms with E-state index < -0.39 is 0 Å². The van der Waals surface area contributed by atoms with Gasteiger partial charge >= 0.3 is 0 Å². The quantitative estimate of drug-likeness (QED) is 0.523. The lowest BCUT2D eigenvalue weighted by Gasteiger charge is -2.08. The van der Waals surface area contributed by atoms with Crippen molar-refractivity contribution in [2.45, 2.75) is 0 Å². The minimum absolute atomic E-state index is 0.200. The third-order valence-electron chi connectivity index (χ3n) is 3.51. The van der Waals surface area contributed by atoms with Crippen molar-refractivity contribution < 1.29 is 5.11 Å². The van der Waals surface area contributed by atoms with Crippen LogP contribution in [-0.4, -0.2) is 25.0 Å². The van der Waals surface area contributed by atoms with Crippen LogP contribution in [0.25, 0.3) is 22.4 Å². The van der Waals surface area contributed by atoms with Gasteiger partial charge < -0.3 is 15.4 Å². The van der Waals surface area contributed by atoms with E-state index in [1.165, 1.54) is 0 Å². The highest BCUT2D eigenvalue weighted by Gasteiger charge is 2.12. The van der Waals surface area contributed by atoms with Crippen molar-refractivity contribution in [2.75, 3.05) is 5.32 Å². The van der Waals surface area contributed by atoms with E-state index >= 15 is 0 Å². The topological polar surface area (TPSA) is 86.7 Å². The lowest BCUT2D eigenvalue weighted by Crippen LogP contribution is -1.99. The van der Waals surface area contributed by atoms with E-state index in [0.29, 0.717) is 22.3 Å². The van der Waals surface area contributed by atoms with Crippen LogP contribution in [0.1, 0.15) is 0 Å². The van der Waals surface area contributed by atoms with Gasteiger partial charge in [0, 0.05) is 16.3 Å². The average Bonchev–Trinajstić information content (AvgIpc) is 3.03. The molecule has 0 aliphatic rings. The van der Waals surface area contributed by atoms with Gasteiger partial charge in [-0.1, -0.05) is 17.7 Å². The SMILES string of the molecule is Oc1ccc(-c2nc(Nc3cccc(Cl)c3)nc3nc[nH]c23)cc1. The zero-order chi connectivity index (χ0) is 16.5. The number of hydrogen-bond donors (Lipinski definition) is 3. The number of anilines is 2. The second-order valence-electron chi connectivity index (χ2n) is 5.18. The van der Waals surface area contributed by atoms with Crippen LogP contribution in [0.4, 0.5) is 11.6 Å². The Morgan fingerprint density at radius 2 is 1.88 bits per heavy atom. The molecule has 24 heavy (non-hydrogen) atoms. The van der Waals surface area contributed by atoms with E-state index in [1.807, 2.05) is 12.1 Å². The Hall–Kier alpha value is -3.12. The normalized spacial score (nSPS) is 10.9. The molecule has 6 nitrogen and oxygen atoms in total. The first-order chi connectivity index (χ1) is 11.7. The summed E-state index contributed by atoms with van der Waals surface area (Å²) in [6.07, 6.45) is 1.58. The Balaban J connectivity index is 1.81. The van der Waals surface area contributed by atoms with Crippen LogP contribution in [0, 0.1) is 0 Å². The summed E-state index contributed by atoms with van der Waals surface area (Å²) < 4.78 is 0. The molecule has 0 radical (unpaired) electrons. The number of halogens is 1. The molecule has 0 saturated heterocycles. The number of nitrogens with one attached hydrogen (secondary N) is 2. The summed E-state index contributed by atoms with van der Waals surface area (Å²) in [5.41, 5.74) is 3.62. The maximum absolute atomic E-state index is 9.47. The molecule has 0 bridgehead atoms. The lowest BCUT2D eigenvalue weighted by molar-refractivity contribution is 0.475. The number of rotatable bonds is 3. The average molecular weight is 338 g/mol. The van der Waals surface area contributed by atoms with Gasteiger partial charge in [0.15, 0.2) is 5.65 Å². The molecule has 2 heterocycles. The van der Waals surface area contributed by atoms with E-state index in [-0.39, 0.29) is 5.75 Å². The Kier molecular flexibility index (Phi) is 3.51. The highest BCUT2D eigenvalue weighted by Crippen LogP contribution is 2.27. The highest BCUT2D eigenvalue weighted by atomic mass is 35.5. The highest BCUT2D eigenvalue weighted by molar-refractivity contribution is 6.30. The zero-order valence-corrected chi connectivity index (χ0v) is 13.1. The van der Waals surface area contributed by atoms with Crippen molar-refractivity contribution in [1.82, 2.24) is 19.9 Å². The monoisotopic (exact) mass is 337 g/mol. The number of phenolic OH excluding ortho intramolecular Hbond substituents is 1. The van der Waals surface area contributed by atoms with Crippen LogP contribution in [0.15, 0.2) is 54.9 Å². The van der Waals surface area contributed by atoms with Crippen LogP contribution in [-0.2, 0) is 0 Å². The number of benzene rings is 2. The third-order valence-corrected chi connectivity index (χ3v) is 3.74. The summed E-state index contributed by atoms with van der Waals surface area (Å²) in [6.45, 7) is 0. The van der Waals surface area contributed by atoms with Gasteiger partial charge in [-0.25, -0.2) is 9.97 Å². The fourth-order valence-electron chi connectivity index (χ4n) is 2.41. The first-order valence-electron chi connectivity index (χ1n) is 7.22. The molecule has 118 valence electrons. The predicted octanol–water partition coefficient (Wildman–Crippen LogP) is 4.12. The van der Waals surface area contributed by atoms with Crippen molar-refractivity contribution in [3.05, 3.63) is 59.9 Å². The number of H-pyrrole nitrogens is 1. The fourth-order valence-corrected chi connectivity index (χ4v) is 2.60. The van der Waals surface area contributed by atoms with Gasteiger partial charge in [-0.15, -0.1) is 0 Å². The maximum Gasteiger partial charge on any atom is 0.229 e. The van der Waals surface area contributed by atoms with Crippen molar-refractivity contribution in [3.63, 3.8) is 0 Å². The van der Waals surface area contributed by atoms with E-state index in [2.05, 4.69) is 25.3 Å². The number of aromatic hydroxyl groups is 1. The smallest absolute Gasteiger partial charge is 0.229 e. The molecule has 0 saturated carbocycles. The number of aromatic amines is 1. The molecule has 0 amide bonds. The summed E-state index contributed by atoms with van der Waals surface area (Å²) in [5.74, 6) is 0.617. The zero-order valence-electron chi connectivity index (χ0n) is 12.4. The summed E-state index contributed by atoms with van der Waals surface area (Å²) in [4.78, 5) is 16.3. The molecule has 0 unspecified atom stereocenters. The second kappa shape index (κ2) is 5.82. The van der Waals surface area contributed by atoms with Crippen molar-refractivity contribution in [3.8, 4) is 17.0 Å². The minimum Gasteiger partial charge on any atom is -0.508 e. The van der Waals surface area contributed by atoms with Gasteiger partial charge in [0.2, 0.25) is 5.95 Å². The summed E-state index contributed by atoms with van der Waals surface area (Å²) in [6, 6.07) is 14.1. The first-order valence-corrected chi connectivity index (χ1v) is 7.60. The minimum atomic E-state index is 0.200. The van der Waals surface area contributed by atoms with Gasteiger partial charge in [0.25, 0.3) is 0 Å². The molecule has 0 aliphatic carbocycles. The maximum atomic E-state index is 9.47. The molecule has 3 N–H and O–H groups in total. The Bertz CT molecular complexity index is 1010. The van der Waals surface area contributed by atoms with Gasteiger partial charge in [-0.3, -0.25) is 0 Å². The molecule has 2 aromatic heterocycles. The van der Waals surface area contributed by atoms with Gasteiger partial charge in [0.05, 0.1) is 6.33 Å². The largest absolute Gasteiger partial charge is 0.508 e. The molecular weight excluding hydrogens is 326 g/mol. The molecule has 0 atom stereocenters. The van der Waals surface area contributed by atoms with Gasteiger partial charge in [-0.2, -0.15) is 4.98 Å². The molecule has 0 spiro atoms. The Morgan fingerprint density at radius 3 is 2.67 bits per heavy atom. The number of fused-ring (bicyclic) bond motifs is 1. The lowest BCUT2D eigenvalue weighted by atomic mass is 10.1. The van der Waals surface area contributed by atoms with Crippen LogP contribution in [0.2, 0.25) is 5.02 Å². The first kappa shape index (κ1) is 14.5. The number of aromatic nitrogens is 4. The molecule has 0 aliphatic heterocycles. The van der Waals surface area contributed by atoms with Crippen molar-refractivity contribution in [1.29, 1.82) is 0 Å². The van der Waals surface area contributed by atoms with Crippen LogP contribution in [0.5, 0.6) is 5.75 Å². The van der Waals surface area contributed by atoms with E-state index in [1.54, 1.807) is 42.7 Å². The number of hydrogen-bond acceptors (Lipinski definition) is 5. The predicted molar refractivity (Wildman–Crippen MR) is 93.5 cm³/mol. The van der Waals surface area contributed by atoms with Crippen LogP contribution < -0.4 is 5.32 Å². The molecule has 2 aromatic carbocycles. The van der Waals surface area contributed by atoms with E-state index in [9.17, 15) is 5.11 Å². The number of phenols is 1. The van der Waals surface area contributed by atoms with Crippen molar-refractivity contribution in [2.24, 2.45) is 0 Å². The summed E-state index contributed by atoms with van der Waals surface area (Å²) in [5, 5.41) is 13.2. The Morgan fingerprint density at radius 1 is 1.04 bits per heavy atom. The molecule has 0 fully saturated rings. The third kappa shape index (κ3) is 2.75. The Labute approximate surface area is 142 Å². The van der Waals surface area contributed by atoms with Gasteiger partial charge in [-0.05, 0) is 42.5 Å². The second-order valence-corrected chi connectivity index (χ2v) is 5.62. The van der Waals surface area contributed by atoms with E-state index in [4.69, 9.17) is 11.6 Å². The fraction of sp³-hybridized carbons (Fsp3) is 0. The standard InChI is InChI=1S/C17H12ClN5O/c18-11-2-1-3-12(8-11)21-17-22-14(10-4-6-13(24)7-5-10)15-16(23-17)20-9-19-15/h1-9,24H,(H2,19,20,21,22,23). The van der Waals surface area contributed by atoms with Crippen LogP contribution >= 0.6 is 11.6 Å². The van der Waals surface area contributed by atoms with Gasteiger partial charge in [0.1, 0.15) is 17.0 Å². The van der Waals surface area contributed by atoms with E-state index in [0.717, 1.165) is 16.8 Å². The molecule has 4 aromatic rings. The molecule has 4 rings (SSSR count). The van der Waals surface area contributed by atoms with Crippen LogP contribution in [0.3, 0.4) is 0 Å². The summed E-state index contributed by atoms with van der Waals surface area (Å²) in [7, 11) is 0. The number of nitrogens with zero attached hydrogens (tertiary/aromatic N) is 3.